The van der Waals surface area contributed by atoms with Gasteiger partial charge in [0.05, 0.1) is 14.9 Å². The highest BCUT2D eigenvalue weighted by Crippen LogP contribution is 2.32. The minimum absolute atomic E-state index is 0.115. The van der Waals surface area contributed by atoms with Gasteiger partial charge in [-0.15, -0.1) is 0 Å². The van der Waals surface area contributed by atoms with Crippen LogP contribution in [0.4, 0.5) is 10.5 Å². The van der Waals surface area contributed by atoms with Crippen LogP contribution in [-0.4, -0.2) is 31.0 Å². The largest absolute Gasteiger partial charge is 0.340 e. The lowest BCUT2D eigenvalue weighted by atomic mass is 10.2. The molecule has 0 fully saturated rings. The Morgan fingerprint density at radius 3 is 2.29 bits per heavy atom. The van der Waals surface area contributed by atoms with Crippen molar-refractivity contribution in [3.05, 3.63) is 58.2 Å². The second-order valence-corrected chi connectivity index (χ2v) is 9.56. The first-order valence-electron chi connectivity index (χ1n) is 9.17. The SMILES string of the molecule is CC(C)NC(=O)NS(=O)(=O)c1ccc(NC(=O)c2cc3c(Cl)c(Cl)ccc3n2C)cc1. The number of hydrogen-bond acceptors (Lipinski definition) is 4. The summed E-state index contributed by atoms with van der Waals surface area (Å²) in [6, 6.07) is 9.46. The molecule has 0 bridgehead atoms. The molecule has 164 valence electrons. The summed E-state index contributed by atoms with van der Waals surface area (Å²) in [4.78, 5) is 24.3. The Bertz CT molecular complexity index is 1270. The number of sulfonamides is 1. The summed E-state index contributed by atoms with van der Waals surface area (Å²) >= 11 is 12.3. The number of rotatable bonds is 5. The van der Waals surface area contributed by atoms with Gasteiger partial charge in [-0.25, -0.2) is 17.9 Å². The number of aryl methyl sites for hydroxylation is 1. The highest BCUT2D eigenvalue weighted by Gasteiger charge is 2.19. The van der Waals surface area contributed by atoms with E-state index in [1.54, 1.807) is 43.7 Å². The van der Waals surface area contributed by atoms with Gasteiger partial charge in [0.25, 0.3) is 15.9 Å². The summed E-state index contributed by atoms with van der Waals surface area (Å²) in [5.41, 5.74) is 1.47. The van der Waals surface area contributed by atoms with Crippen molar-refractivity contribution in [2.24, 2.45) is 7.05 Å². The Morgan fingerprint density at radius 1 is 1.03 bits per heavy atom. The Hall–Kier alpha value is -2.75. The molecule has 0 aliphatic carbocycles. The van der Waals surface area contributed by atoms with Crippen LogP contribution in [0.2, 0.25) is 10.0 Å². The van der Waals surface area contributed by atoms with Crippen LogP contribution in [0.5, 0.6) is 0 Å². The molecular weight excluding hydrogens is 463 g/mol. The van der Waals surface area contributed by atoms with Crippen LogP contribution in [-0.2, 0) is 17.1 Å². The molecule has 3 N–H and O–H groups in total. The first-order chi connectivity index (χ1) is 14.5. The fraction of sp³-hybridized carbons (Fsp3) is 0.200. The monoisotopic (exact) mass is 482 g/mol. The zero-order valence-electron chi connectivity index (χ0n) is 16.9. The van der Waals surface area contributed by atoms with E-state index in [2.05, 4.69) is 10.6 Å². The van der Waals surface area contributed by atoms with Crippen molar-refractivity contribution in [2.75, 3.05) is 5.32 Å². The van der Waals surface area contributed by atoms with Crippen LogP contribution < -0.4 is 15.4 Å². The number of carbonyl (C=O) groups is 2. The van der Waals surface area contributed by atoms with Gasteiger partial charge in [-0.3, -0.25) is 4.79 Å². The number of hydrogen-bond donors (Lipinski definition) is 3. The lowest BCUT2D eigenvalue weighted by Crippen LogP contribution is -2.42. The lowest BCUT2D eigenvalue weighted by molar-refractivity contribution is 0.101. The molecule has 1 aromatic heterocycles. The van der Waals surface area contributed by atoms with E-state index in [0.29, 0.717) is 26.8 Å². The van der Waals surface area contributed by atoms with E-state index in [9.17, 15) is 18.0 Å². The number of nitrogens with one attached hydrogen (secondary N) is 3. The van der Waals surface area contributed by atoms with Gasteiger partial charge < -0.3 is 15.2 Å². The zero-order chi connectivity index (χ0) is 22.9. The molecule has 0 radical (unpaired) electrons. The predicted octanol–water partition coefficient (Wildman–Crippen LogP) is 4.13. The normalized spacial score (nSPS) is 11.5. The minimum atomic E-state index is -4.04. The number of urea groups is 1. The summed E-state index contributed by atoms with van der Waals surface area (Å²) in [5.74, 6) is -0.407. The second-order valence-electron chi connectivity index (χ2n) is 7.09. The van der Waals surface area contributed by atoms with Crippen LogP contribution in [0.3, 0.4) is 0 Å². The van der Waals surface area contributed by atoms with E-state index >= 15 is 0 Å². The van der Waals surface area contributed by atoms with E-state index in [1.165, 1.54) is 24.3 Å². The third kappa shape index (κ3) is 4.95. The van der Waals surface area contributed by atoms with Crippen LogP contribution in [0.15, 0.2) is 47.4 Å². The lowest BCUT2D eigenvalue weighted by Gasteiger charge is -2.11. The average molecular weight is 483 g/mol. The molecule has 31 heavy (non-hydrogen) atoms. The molecule has 0 saturated heterocycles. The van der Waals surface area contributed by atoms with Gasteiger partial charge in [0.1, 0.15) is 5.69 Å². The smallest absolute Gasteiger partial charge is 0.328 e. The van der Waals surface area contributed by atoms with E-state index in [0.717, 1.165) is 5.52 Å². The molecule has 3 rings (SSSR count). The molecule has 0 unspecified atom stereocenters. The van der Waals surface area contributed by atoms with Crippen molar-refractivity contribution in [3.8, 4) is 0 Å². The van der Waals surface area contributed by atoms with E-state index in [-0.39, 0.29) is 10.9 Å². The van der Waals surface area contributed by atoms with Crippen molar-refractivity contribution in [2.45, 2.75) is 24.8 Å². The van der Waals surface area contributed by atoms with Crippen molar-refractivity contribution in [1.29, 1.82) is 0 Å². The number of amides is 3. The highest BCUT2D eigenvalue weighted by molar-refractivity contribution is 7.90. The predicted molar refractivity (Wildman–Crippen MR) is 121 cm³/mol. The van der Waals surface area contributed by atoms with Gasteiger partial charge in [-0.05, 0) is 56.3 Å². The fourth-order valence-corrected chi connectivity index (χ4v) is 4.25. The van der Waals surface area contributed by atoms with Crippen molar-refractivity contribution in [3.63, 3.8) is 0 Å². The Balaban J connectivity index is 1.78. The van der Waals surface area contributed by atoms with Gasteiger partial charge in [0.15, 0.2) is 0 Å². The second kappa shape index (κ2) is 8.78. The van der Waals surface area contributed by atoms with Gasteiger partial charge in [0.2, 0.25) is 0 Å². The number of carbonyl (C=O) groups excluding carboxylic acids is 2. The Labute approximate surface area is 189 Å². The summed E-state index contributed by atoms with van der Waals surface area (Å²) in [7, 11) is -2.31. The molecule has 0 aliphatic rings. The van der Waals surface area contributed by atoms with Gasteiger partial charge in [-0.2, -0.15) is 0 Å². The highest BCUT2D eigenvalue weighted by atomic mass is 35.5. The van der Waals surface area contributed by atoms with Gasteiger partial charge in [0, 0.05) is 29.7 Å². The molecule has 3 aromatic rings. The van der Waals surface area contributed by atoms with E-state index in [4.69, 9.17) is 23.2 Å². The molecule has 11 heteroatoms. The third-order valence-corrected chi connectivity index (χ3v) is 6.58. The summed E-state index contributed by atoms with van der Waals surface area (Å²) in [6.07, 6.45) is 0. The number of aromatic nitrogens is 1. The summed E-state index contributed by atoms with van der Waals surface area (Å²) in [6.45, 7) is 3.42. The minimum Gasteiger partial charge on any atom is -0.340 e. The summed E-state index contributed by atoms with van der Waals surface area (Å²) < 4.78 is 28.2. The summed E-state index contributed by atoms with van der Waals surface area (Å²) in [5, 5.41) is 6.55. The maximum Gasteiger partial charge on any atom is 0.328 e. The Kier molecular flexibility index (Phi) is 6.49. The molecule has 0 aliphatic heterocycles. The van der Waals surface area contributed by atoms with Crippen LogP contribution in [0.25, 0.3) is 10.9 Å². The molecule has 0 spiro atoms. The van der Waals surface area contributed by atoms with Gasteiger partial charge >= 0.3 is 6.03 Å². The Morgan fingerprint density at radius 2 is 1.68 bits per heavy atom. The molecule has 1 heterocycles. The number of nitrogens with zero attached hydrogens (tertiary/aromatic N) is 1. The zero-order valence-corrected chi connectivity index (χ0v) is 19.2. The van der Waals surface area contributed by atoms with Crippen molar-refractivity contribution >= 4 is 61.8 Å². The first kappa shape index (κ1) is 22.9. The quantitative estimate of drug-likeness (QED) is 0.507. The first-order valence-corrected chi connectivity index (χ1v) is 11.4. The van der Waals surface area contributed by atoms with Crippen LogP contribution >= 0.6 is 23.2 Å². The molecule has 0 atom stereocenters. The maximum absolute atomic E-state index is 12.7. The standard InChI is InChI=1S/C20H20Cl2N4O4S/c1-11(2)23-20(28)25-31(29,30)13-6-4-12(5-7-13)24-19(27)17-10-14-16(26(17)3)9-8-15(21)18(14)22/h4-11H,1-3H3,(H,24,27)(H2,23,25,28). The molecule has 8 nitrogen and oxygen atoms in total. The number of fused-ring (bicyclic) bond motifs is 1. The third-order valence-electron chi connectivity index (χ3n) is 4.42. The van der Waals surface area contributed by atoms with Crippen LogP contribution in [0.1, 0.15) is 24.3 Å². The molecule has 0 saturated carbocycles. The average Bonchev–Trinajstić information content (AvgIpc) is 3.01. The number of halogens is 2. The van der Waals surface area contributed by atoms with E-state index < -0.39 is 22.0 Å². The van der Waals surface area contributed by atoms with Crippen LogP contribution in [0, 0.1) is 0 Å². The maximum atomic E-state index is 12.7. The number of anilines is 1. The fourth-order valence-electron chi connectivity index (χ4n) is 2.95. The topological polar surface area (TPSA) is 109 Å². The van der Waals surface area contributed by atoms with Crippen molar-refractivity contribution in [1.82, 2.24) is 14.6 Å². The van der Waals surface area contributed by atoms with Gasteiger partial charge in [-0.1, -0.05) is 23.2 Å². The molecule has 3 amide bonds. The number of benzene rings is 2. The van der Waals surface area contributed by atoms with Crippen molar-refractivity contribution < 1.29 is 18.0 Å². The molecule has 2 aromatic carbocycles. The van der Waals surface area contributed by atoms with E-state index in [1.807, 2.05) is 4.72 Å². The molecular formula is C20H20Cl2N4O4S.